The van der Waals surface area contributed by atoms with Crippen molar-refractivity contribution in [1.82, 2.24) is 0 Å². The predicted octanol–water partition coefficient (Wildman–Crippen LogP) is 4.09. The maximum absolute atomic E-state index is 3.54. The lowest BCUT2D eigenvalue weighted by atomic mass is 10.0. The molecule has 0 fully saturated rings. The normalized spacial score (nSPS) is 13.0. The van der Waals surface area contributed by atoms with E-state index in [0.717, 1.165) is 6.54 Å². The lowest BCUT2D eigenvalue weighted by molar-refractivity contribution is 1.13. The molecule has 1 aliphatic rings. The van der Waals surface area contributed by atoms with Gasteiger partial charge in [0, 0.05) is 12.2 Å². The Morgan fingerprint density at radius 3 is 2.59 bits per heavy atom. The molecule has 0 unspecified atom stereocenters. The lowest BCUT2D eigenvalue weighted by Crippen LogP contribution is -2.05. The van der Waals surface area contributed by atoms with Crippen molar-refractivity contribution in [2.45, 2.75) is 13.5 Å². The molecule has 0 saturated heterocycles. The van der Waals surface area contributed by atoms with E-state index in [-0.39, 0.29) is 0 Å². The molecule has 0 radical (unpaired) electrons. The van der Waals surface area contributed by atoms with Crippen LogP contribution in [0.3, 0.4) is 0 Å². The Labute approximate surface area is 102 Å². The van der Waals surface area contributed by atoms with E-state index >= 15 is 0 Å². The van der Waals surface area contributed by atoms with E-state index in [2.05, 4.69) is 66.9 Å². The number of benzene rings is 2. The quantitative estimate of drug-likeness (QED) is 0.706. The average molecular weight is 221 g/mol. The molecule has 84 valence electrons. The van der Waals surface area contributed by atoms with Crippen LogP contribution < -0.4 is 5.32 Å². The number of aryl methyl sites for hydroxylation is 1. The van der Waals surface area contributed by atoms with Gasteiger partial charge in [-0.3, -0.25) is 0 Å². The van der Waals surface area contributed by atoms with Gasteiger partial charge in [0.05, 0.1) is 0 Å². The zero-order valence-corrected chi connectivity index (χ0v) is 9.90. The standard InChI is InChI=1S/C16H15N/c1-12-5-4-8-14-10-9-13-6-2-3-7-15(13)11-17-16(12)14/h2-10,17H,11H2,1H3. The van der Waals surface area contributed by atoms with Crippen LogP contribution >= 0.6 is 0 Å². The Morgan fingerprint density at radius 1 is 0.882 bits per heavy atom. The second-order valence-electron chi connectivity index (χ2n) is 4.42. The smallest absolute Gasteiger partial charge is 0.0446 e. The molecule has 0 atom stereocenters. The Morgan fingerprint density at radius 2 is 1.65 bits per heavy atom. The van der Waals surface area contributed by atoms with Crippen LogP contribution in [0.4, 0.5) is 5.69 Å². The van der Waals surface area contributed by atoms with Crippen molar-refractivity contribution in [3.05, 3.63) is 64.7 Å². The van der Waals surface area contributed by atoms with Crippen molar-refractivity contribution in [2.75, 3.05) is 5.32 Å². The minimum atomic E-state index is 0.887. The van der Waals surface area contributed by atoms with Crippen LogP contribution in [-0.4, -0.2) is 0 Å². The summed E-state index contributed by atoms with van der Waals surface area (Å²) in [6, 6.07) is 14.9. The van der Waals surface area contributed by atoms with Gasteiger partial charge in [0.15, 0.2) is 0 Å². The number of para-hydroxylation sites is 1. The summed E-state index contributed by atoms with van der Waals surface area (Å²) in [7, 11) is 0. The number of hydrogen-bond acceptors (Lipinski definition) is 1. The minimum Gasteiger partial charge on any atom is -0.380 e. The molecule has 17 heavy (non-hydrogen) atoms. The van der Waals surface area contributed by atoms with Crippen LogP contribution in [0, 0.1) is 6.92 Å². The largest absolute Gasteiger partial charge is 0.380 e. The summed E-state index contributed by atoms with van der Waals surface area (Å²) >= 11 is 0. The fourth-order valence-corrected chi connectivity index (χ4v) is 2.29. The number of nitrogens with one attached hydrogen (secondary N) is 1. The van der Waals surface area contributed by atoms with E-state index in [4.69, 9.17) is 0 Å². The summed E-state index contributed by atoms with van der Waals surface area (Å²) in [5, 5.41) is 3.54. The fraction of sp³-hybridized carbons (Fsp3) is 0.125. The Balaban J connectivity index is 2.13. The van der Waals surface area contributed by atoms with Crippen LogP contribution in [0.2, 0.25) is 0 Å². The second kappa shape index (κ2) is 4.10. The van der Waals surface area contributed by atoms with Crippen LogP contribution in [0.5, 0.6) is 0 Å². The maximum Gasteiger partial charge on any atom is 0.0446 e. The SMILES string of the molecule is Cc1cccc2c1NCc1ccccc1C=C2. The molecule has 0 bridgehead atoms. The van der Waals surface area contributed by atoms with Crippen LogP contribution in [0.25, 0.3) is 12.2 Å². The van der Waals surface area contributed by atoms with Crippen molar-refractivity contribution in [3.63, 3.8) is 0 Å². The van der Waals surface area contributed by atoms with Gasteiger partial charge < -0.3 is 5.32 Å². The summed E-state index contributed by atoms with van der Waals surface area (Å²) in [5.74, 6) is 0. The summed E-state index contributed by atoms with van der Waals surface area (Å²) < 4.78 is 0. The zero-order valence-electron chi connectivity index (χ0n) is 9.90. The van der Waals surface area contributed by atoms with Gasteiger partial charge in [-0.15, -0.1) is 0 Å². The summed E-state index contributed by atoms with van der Waals surface area (Å²) in [5.41, 5.74) is 6.45. The van der Waals surface area contributed by atoms with Crippen LogP contribution in [0.1, 0.15) is 22.3 Å². The molecular formula is C16H15N. The van der Waals surface area contributed by atoms with E-state index in [9.17, 15) is 0 Å². The molecule has 3 rings (SSSR count). The summed E-state index contributed by atoms with van der Waals surface area (Å²) in [6.45, 7) is 3.03. The highest BCUT2D eigenvalue weighted by Gasteiger charge is 2.07. The highest BCUT2D eigenvalue weighted by Crippen LogP contribution is 2.26. The van der Waals surface area contributed by atoms with Gasteiger partial charge >= 0.3 is 0 Å². The van der Waals surface area contributed by atoms with Gasteiger partial charge in [-0.05, 0) is 29.2 Å². The predicted molar refractivity (Wildman–Crippen MR) is 73.9 cm³/mol. The van der Waals surface area contributed by atoms with Crippen molar-refractivity contribution in [1.29, 1.82) is 0 Å². The van der Waals surface area contributed by atoms with Gasteiger partial charge in [0.1, 0.15) is 0 Å². The third kappa shape index (κ3) is 1.84. The molecule has 0 aromatic heterocycles. The van der Waals surface area contributed by atoms with Crippen LogP contribution in [-0.2, 0) is 6.54 Å². The first-order valence-electron chi connectivity index (χ1n) is 5.94. The third-order valence-electron chi connectivity index (χ3n) is 3.26. The average Bonchev–Trinajstić information content (AvgIpc) is 2.33. The number of rotatable bonds is 0. The first-order chi connectivity index (χ1) is 8.34. The molecule has 0 amide bonds. The number of anilines is 1. The molecule has 2 aromatic carbocycles. The first kappa shape index (κ1) is 10.2. The van der Waals surface area contributed by atoms with Crippen LogP contribution in [0.15, 0.2) is 42.5 Å². The molecule has 2 aromatic rings. The van der Waals surface area contributed by atoms with Gasteiger partial charge in [-0.2, -0.15) is 0 Å². The van der Waals surface area contributed by atoms with E-state index in [0.29, 0.717) is 0 Å². The zero-order chi connectivity index (χ0) is 11.7. The van der Waals surface area contributed by atoms with Gasteiger partial charge in [0.2, 0.25) is 0 Å². The van der Waals surface area contributed by atoms with E-state index < -0.39 is 0 Å². The van der Waals surface area contributed by atoms with Gasteiger partial charge in [-0.25, -0.2) is 0 Å². The summed E-state index contributed by atoms with van der Waals surface area (Å²) in [6.07, 6.45) is 4.39. The maximum atomic E-state index is 3.54. The van der Waals surface area contributed by atoms with Crippen molar-refractivity contribution in [3.8, 4) is 0 Å². The molecule has 0 saturated carbocycles. The van der Waals surface area contributed by atoms with Crippen molar-refractivity contribution in [2.24, 2.45) is 0 Å². The fourth-order valence-electron chi connectivity index (χ4n) is 2.29. The van der Waals surface area contributed by atoms with Crippen molar-refractivity contribution >= 4 is 17.8 Å². The van der Waals surface area contributed by atoms with Gasteiger partial charge in [0.25, 0.3) is 0 Å². The molecule has 1 nitrogen and oxygen atoms in total. The third-order valence-corrected chi connectivity index (χ3v) is 3.26. The molecular weight excluding hydrogens is 206 g/mol. The Hall–Kier alpha value is -2.02. The number of fused-ring (bicyclic) bond motifs is 2. The van der Waals surface area contributed by atoms with E-state index in [1.165, 1.54) is 27.9 Å². The molecule has 0 aliphatic carbocycles. The second-order valence-corrected chi connectivity index (χ2v) is 4.42. The summed E-state index contributed by atoms with van der Waals surface area (Å²) in [4.78, 5) is 0. The van der Waals surface area contributed by atoms with E-state index in [1.807, 2.05) is 0 Å². The molecule has 1 heteroatoms. The molecule has 0 spiro atoms. The highest BCUT2D eigenvalue weighted by atomic mass is 14.9. The highest BCUT2D eigenvalue weighted by molar-refractivity contribution is 5.80. The van der Waals surface area contributed by atoms with E-state index in [1.54, 1.807) is 0 Å². The monoisotopic (exact) mass is 221 g/mol. The van der Waals surface area contributed by atoms with Crippen molar-refractivity contribution < 1.29 is 0 Å². The lowest BCUT2D eigenvalue weighted by Gasteiger charge is -2.16. The van der Waals surface area contributed by atoms with Gasteiger partial charge in [-0.1, -0.05) is 54.6 Å². The Kier molecular flexibility index (Phi) is 2.45. The Bertz CT molecular complexity index is 582. The molecule has 1 heterocycles. The topological polar surface area (TPSA) is 12.0 Å². The first-order valence-corrected chi connectivity index (χ1v) is 5.94. The molecule has 1 N–H and O–H groups in total. The minimum absolute atomic E-state index is 0.887. The number of hydrogen-bond donors (Lipinski definition) is 1. The molecule has 1 aliphatic heterocycles.